The fourth-order valence-electron chi connectivity index (χ4n) is 2.71. The molecule has 2 saturated heterocycles. The van der Waals surface area contributed by atoms with Crippen LogP contribution >= 0.6 is 0 Å². The normalized spacial score (nSPS) is 32.2. The van der Waals surface area contributed by atoms with Crippen LogP contribution in [0.2, 0.25) is 0 Å². The number of hydrogen-bond acceptors (Lipinski definition) is 5. The summed E-state index contributed by atoms with van der Waals surface area (Å²) < 4.78 is 10.4. The van der Waals surface area contributed by atoms with Crippen molar-refractivity contribution in [3.8, 4) is 0 Å². The zero-order chi connectivity index (χ0) is 14.3. The number of fused-ring (bicyclic) bond motifs is 1. The third-order valence-electron chi connectivity index (χ3n) is 3.57. The van der Waals surface area contributed by atoms with Crippen LogP contribution in [0.15, 0.2) is 30.3 Å². The molecule has 0 bridgehead atoms. The van der Waals surface area contributed by atoms with E-state index < -0.39 is 36.5 Å². The van der Waals surface area contributed by atoms with Crippen molar-refractivity contribution in [1.82, 2.24) is 4.90 Å². The minimum absolute atomic E-state index is 0.181. The number of hydrogen-bond donors (Lipinski definition) is 2. The van der Waals surface area contributed by atoms with Gasteiger partial charge in [0.1, 0.15) is 0 Å². The van der Waals surface area contributed by atoms with Gasteiger partial charge in [0.05, 0.1) is 12.6 Å². The van der Waals surface area contributed by atoms with E-state index in [2.05, 4.69) is 0 Å². The van der Waals surface area contributed by atoms with Crippen molar-refractivity contribution in [3.05, 3.63) is 35.9 Å². The van der Waals surface area contributed by atoms with E-state index in [0.29, 0.717) is 0 Å². The highest BCUT2D eigenvalue weighted by Gasteiger charge is 2.56. The molecule has 1 aromatic rings. The van der Waals surface area contributed by atoms with Crippen LogP contribution in [0.4, 0.5) is 4.79 Å². The third kappa shape index (κ3) is 1.91. The summed E-state index contributed by atoms with van der Waals surface area (Å²) in [5.41, 5.74) is 5.77. The van der Waals surface area contributed by atoms with Gasteiger partial charge >= 0.3 is 6.09 Å². The Kier molecular flexibility index (Phi) is 3.07. The topological polar surface area (TPSA) is 102 Å². The number of carbonyl (C=O) groups excluding carboxylic acids is 2. The number of nitrogens with zero attached hydrogens (tertiary/aromatic N) is 1. The van der Waals surface area contributed by atoms with Crippen molar-refractivity contribution in [1.29, 1.82) is 0 Å². The zero-order valence-electron chi connectivity index (χ0n) is 10.5. The molecule has 4 atom stereocenters. The lowest BCUT2D eigenvalue weighted by atomic mass is 10.1. The van der Waals surface area contributed by atoms with E-state index in [1.54, 1.807) is 0 Å². The highest BCUT2D eigenvalue weighted by Crippen LogP contribution is 2.38. The van der Waals surface area contributed by atoms with E-state index in [9.17, 15) is 14.7 Å². The van der Waals surface area contributed by atoms with Gasteiger partial charge in [0, 0.05) is 5.56 Å². The van der Waals surface area contributed by atoms with Gasteiger partial charge in [0.15, 0.2) is 18.4 Å². The summed E-state index contributed by atoms with van der Waals surface area (Å²) in [6.07, 6.45) is -3.99. The van der Waals surface area contributed by atoms with Crippen molar-refractivity contribution in [3.63, 3.8) is 0 Å². The predicted octanol–water partition coefficient (Wildman–Crippen LogP) is -0.249. The number of aliphatic hydroxyl groups is 1. The number of carbonyl (C=O) groups is 2. The highest BCUT2D eigenvalue weighted by molar-refractivity contribution is 5.85. The first-order valence-electron chi connectivity index (χ1n) is 6.22. The Bertz CT molecular complexity index is 535. The molecule has 20 heavy (non-hydrogen) atoms. The van der Waals surface area contributed by atoms with Crippen LogP contribution in [0.3, 0.4) is 0 Å². The fraction of sp³-hybridized carbons (Fsp3) is 0.385. The summed E-state index contributed by atoms with van der Waals surface area (Å²) in [7, 11) is 0. The van der Waals surface area contributed by atoms with Crippen molar-refractivity contribution in [2.45, 2.75) is 24.5 Å². The zero-order valence-corrected chi connectivity index (χ0v) is 10.5. The van der Waals surface area contributed by atoms with E-state index in [4.69, 9.17) is 15.2 Å². The lowest BCUT2D eigenvalue weighted by molar-refractivity contribution is -0.142. The molecule has 2 heterocycles. The van der Waals surface area contributed by atoms with E-state index >= 15 is 0 Å². The van der Waals surface area contributed by atoms with Gasteiger partial charge in [-0.1, -0.05) is 30.3 Å². The van der Waals surface area contributed by atoms with Gasteiger partial charge < -0.3 is 25.2 Å². The molecule has 2 aliphatic heterocycles. The largest absolute Gasteiger partial charge is 0.441 e. The average Bonchev–Trinajstić information content (AvgIpc) is 2.96. The van der Waals surface area contributed by atoms with Crippen LogP contribution in [0.5, 0.6) is 0 Å². The molecule has 7 nitrogen and oxygen atoms in total. The molecule has 0 aliphatic carbocycles. The highest BCUT2D eigenvalue weighted by atomic mass is 16.6. The Hall–Kier alpha value is -2.12. The molecule has 2 amide bonds. The first-order valence-corrected chi connectivity index (χ1v) is 6.22. The Balaban J connectivity index is 1.88. The smallest absolute Gasteiger partial charge is 0.404 e. The Morgan fingerprint density at radius 3 is 2.75 bits per heavy atom. The van der Waals surface area contributed by atoms with Crippen LogP contribution in [0.25, 0.3) is 0 Å². The van der Waals surface area contributed by atoms with Crippen molar-refractivity contribution >= 4 is 12.0 Å². The summed E-state index contributed by atoms with van der Waals surface area (Å²) in [4.78, 5) is 24.4. The number of primary amides is 1. The second-order valence-electron chi connectivity index (χ2n) is 4.76. The molecule has 3 rings (SSSR count). The van der Waals surface area contributed by atoms with E-state index in [1.807, 2.05) is 30.3 Å². The second-order valence-corrected chi connectivity index (χ2v) is 4.76. The monoisotopic (exact) mass is 278 g/mol. The van der Waals surface area contributed by atoms with E-state index in [-0.39, 0.29) is 6.61 Å². The van der Waals surface area contributed by atoms with E-state index in [0.717, 1.165) is 5.56 Å². The molecule has 1 aromatic carbocycles. The predicted molar refractivity (Wildman–Crippen MR) is 66.2 cm³/mol. The average molecular weight is 278 g/mol. The minimum Gasteiger partial charge on any atom is -0.441 e. The first-order chi connectivity index (χ1) is 9.59. The maximum Gasteiger partial charge on any atom is 0.404 e. The quantitative estimate of drug-likeness (QED) is 0.776. The van der Waals surface area contributed by atoms with Crippen molar-refractivity contribution < 1.29 is 24.2 Å². The lowest BCUT2D eigenvalue weighted by Crippen LogP contribution is -2.39. The molecule has 0 saturated carbocycles. The van der Waals surface area contributed by atoms with Gasteiger partial charge in [-0.15, -0.1) is 0 Å². The number of ether oxygens (including phenoxy) is 2. The van der Waals surface area contributed by atoms with Crippen molar-refractivity contribution in [2.75, 3.05) is 6.61 Å². The number of benzene rings is 1. The van der Waals surface area contributed by atoms with Gasteiger partial charge in [0.2, 0.25) is 0 Å². The third-order valence-corrected chi connectivity index (χ3v) is 3.57. The number of aliphatic hydroxyl groups excluding tert-OH is 1. The van der Waals surface area contributed by atoms with Gasteiger partial charge in [-0.05, 0) is 0 Å². The Morgan fingerprint density at radius 1 is 1.40 bits per heavy atom. The van der Waals surface area contributed by atoms with Crippen LogP contribution in [0, 0.1) is 0 Å². The minimum atomic E-state index is -1.40. The molecule has 106 valence electrons. The summed E-state index contributed by atoms with van der Waals surface area (Å²) in [6.45, 7) is 0.181. The molecule has 0 radical (unpaired) electrons. The summed E-state index contributed by atoms with van der Waals surface area (Å²) >= 11 is 0. The van der Waals surface area contributed by atoms with Crippen LogP contribution in [-0.2, 0) is 14.3 Å². The number of nitrogens with two attached hydrogens (primary N) is 1. The maximum absolute atomic E-state index is 12.1. The molecular formula is C13H14N2O5. The maximum atomic E-state index is 12.1. The van der Waals surface area contributed by atoms with E-state index in [1.165, 1.54) is 4.90 Å². The molecule has 0 aromatic heterocycles. The molecule has 3 N–H and O–H groups in total. The van der Waals surface area contributed by atoms with Crippen LogP contribution < -0.4 is 5.73 Å². The lowest BCUT2D eigenvalue weighted by Gasteiger charge is -2.22. The first kappa shape index (κ1) is 12.9. The van der Waals surface area contributed by atoms with Crippen LogP contribution in [0.1, 0.15) is 11.8 Å². The molecular weight excluding hydrogens is 264 g/mol. The molecule has 2 fully saturated rings. The fourth-order valence-corrected chi connectivity index (χ4v) is 2.71. The summed E-state index contributed by atoms with van der Waals surface area (Å²) in [5.74, 6) is -0.521. The molecule has 0 spiro atoms. The number of rotatable bonds is 2. The number of amides is 2. The molecule has 0 unspecified atom stereocenters. The van der Waals surface area contributed by atoms with Gasteiger partial charge in [0.25, 0.3) is 5.91 Å². The van der Waals surface area contributed by atoms with Crippen molar-refractivity contribution in [2.24, 2.45) is 5.73 Å². The molecule has 2 aliphatic rings. The van der Waals surface area contributed by atoms with Crippen LogP contribution in [-0.4, -0.2) is 46.9 Å². The molecule has 7 heteroatoms. The second kappa shape index (κ2) is 4.77. The summed E-state index contributed by atoms with van der Waals surface area (Å²) in [6, 6.07) is 8.66. The Labute approximate surface area is 114 Å². The SMILES string of the molecule is NC(=O)O[C@@H]1[C@H]2CO[C@H](c3ccccc3)N2C(=O)[C@@H]1O. The van der Waals surface area contributed by atoms with Gasteiger partial charge in [-0.25, -0.2) is 4.79 Å². The van der Waals surface area contributed by atoms with Gasteiger partial charge in [-0.3, -0.25) is 4.79 Å². The Morgan fingerprint density at radius 2 is 2.10 bits per heavy atom. The summed E-state index contributed by atoms with van der Waals surface area (Å²) in [5, 5.41) is 9.90. The standard InChI is InChI=1S/C13H14N2O5/c14-13(18)20-10-8-6-19-12(7-4-2-1-3-5-7)15(8)11(17)9(10)16/h1-5,8-10,12,16H,6H2,(H2,14,18)/t8-,9-,10-,12-/m1/s1. The van der Waals surface area contributed by atoms with Gasteiger partial charge in [-0.2, -0.15) is 0 Å².